The molecule has 0 aliphatic rings. The third kappa shape index (κ3) is 4.35. The van der Waals surface area contributed by atoms with Gasteiger partial charge in [-0.3, -0.25) is 9.36 Å². The number of hydrogen-bond donors (Lipinski definition) is 2. The molecule has 2 aromatic carbocycles. The molecule has 146 valence electrons. The van der Waals surface area contributed by atoms with Gasteiger partial charge in [-0.1, -0.05) is 48.5 Å². The van der Waals surface area contributed by atoms with Crippen LogP contribution in [-0.2, 0) is 17.8 Å². The fraction of sp³-hybridized carbons (Fsp3) is 0.136. The highest BCUT2D eigenvalue weighted by atomic mass is 16.5. The minimum atomic E-state index is -0.799. The van der Waals surface area contributed by atoms with Gasteiger partial charge in [0.15, 0.2) is 0 Å². The maximum Gasteiger partial charge on any atom is 0.408 e. The smallest absolute Gasteiger partial charge is 0.408 e. The van der Waals surface area contributed by atoms with E-state index < -0.39 is 12.1 Å². The van der Waals surface area contributed by atoms with Gasteiger partial charge in [0.25, 0.3) is 5.91 Å². The summed E-state index contributed by atoms with van der Waals surface area (Å²) in [6.07, 6.45) is 6.03. The highest BCUT2D eigenvalue weighted by Crippen LogP contribution is 2.19. The molecule has 0 spiro atoms. The van der Waals surface area contributed by atoms with Gasteiger partial charge in [0.1, 0.15) is 19.0 Å². The minimum absolute atomic E-state index is 0.131. The van der Waals surface area contributed by atoms with Crippen LogP contribution in [0.3, 0.4) is 0 Å². The van der Waals surface area contributed by atoms with Crippen molar-refractivity contribution in [3.63, 3.8) is 0 Å². The van der Waals surface area contributed by atoms with Crippen LogP contribution in [0.4, 0.5) is 4.79 Å². The largest absolute Gasteiger partial charge is 0.445 e. The minimum Gasteiger partial charge on any atom is -0.445 e. The van der Waals surface area contributed by atoms with Gasteiger partial charge in [0, 0.05) is 35.9 Å². The number of rotatable bonds is 6. The number of benzene rings is 2. The van der Waals surface area contributed by atoms with E-state index in [1.807, 2.05) is 60.8 Å². The second kappa shape index (κ2) is 8.43. The van der Waals surface area contributed by atoms with Crippen LogP contribution in [0.5, 0.6) is 0 Å². The first-order valence-corrected chi connectivity index (χ1v) is 9.25. The second-order valence-electron chi connectivity index (χ2n) is 6.63. The van der Waals surface area contributed by atoms with Gasteiger partial charge in [-0.05, 0) is 17.2 Å². The number of aromatic nitrogens is 3. The molecule has 2 aromatic heterocycles. The van der Waals surface area contributed by atoms with Crippen LogP contribution in [0, 0.1) is 0 Å². The zero-order valence-corrected chi connectivity index (χ0v) is 15.6. The Labute approximate surface area is 167 Å². The summed E-state index contributed by atoms with van der Waals surface area (Å²) < 4.78 is 6.66. The van der Waals surface area contributed by atoms with Crippen molar-refractivity contribution in [2.45, 2.75) is 19.1 Å². The van der Waals surface area contributed by atoms with Crippen molar-refractivity contribution in [3.05, 3.63) is 90.6 Å². The van der Waals surface area contributed by atoms with Gasteiger partial charge < -0.3 is 15.0 Å². The number of imidazole rings is 1. The van der Waals surface area contributed by atoms with E-state index >= 15 is 0 Å². The van der Waals surface area contributed by atoms with Crippen LogP contribution in [0.1, 0.15) is 15.9 Å². The molecule has 0 aliphatic heterocycles. The molecular weight excluding hydrogens is 368 g/mol. The number of aromatic amines is 1. The zero-order chi connectivity index (χ0) is 20.1. The fourth-order valence-corrected chi connectivity index (χ4v) is 3.20. The highest BCUT2D eigenvalue weighted by Gasteiger charge is 2.24. The highest BCUT2D eigenvalue weighted by molar-refractivity contribution is 5.89. The lowest BCUT2D eigenvalue weighted by molar-refractivity contribution is 0.0836. The molecule has 29 heavy (non-hydrogen) atoms. The van der Waals surface area contributed by atoms with E-state index in [0.29, 0.717) is 6.42 Å². The zero-order valence-electron chi connectivity index (χ0n) is 15.6. The maximum atomic E-state index is 12.9. The number of carbonyl (C=O) groups excluding carboxylic acids is 2. The number of hydrogen-bond acceptors (Lipinski definition) is 4. The SMILES string of the molecule is O=C(N[C@H](Cc1c[nH]c2ccccc12)C(=O)n1ccnc1)OCc1ccccc1. The summed E-state index contributed by atoms with van der Waals surface area (Å²) in [7, 11) is 0. The lowest BCUT2D eigenvalue weighted by atomic mass is 10.0. The molecule has 4 rings (SSSR count). The van der Waals surface area contributed by atoms with Crippen LogP contribution in [0.15, 0.2) is 79.5 Å². The van der Waals surface area contributed by atoms with E-state index in [-0.39, 0.29) is 12.5 Å². The Morgan fingerprint density at radius 1 is 1.10 bits per heavy atom. The van der Waals surface area contributed by atoms with Crippen LogP contribution in [0.2, 0.25) is 0 Å². The van der Waals surface area contributed by atoms with Gasteiger partial charge in [-0.25, -0.2) is 9.78 Å². The van der Waals surface area contributed by atoms with Crippen molar-refractivity contribution in [1.82, 2.24) is 19.9 Å². The summed E-state index contributed by atoms with van der Waals surface area (Å²) in [6.45, 7) is 0.131. The van der Waals surface area contributed by atoms with Gasteiger partial charge in [-0.2, -0.15) is 0 Å². The molecule has 0 radical (unpaired) electrons. The van der Waals surface area contributed by atoms with E-state index in [4.69, 9.17) is 4.74 Å². The standard InChI is InChI=1S/C22H20N4O3/c27-21(26-11-10-23-15-26)20(12-17-13-24-19-9-5-4-8-18(17)19)25-22(28)29-14-16-6-2-1-3-7-16/h1-11,13,15,20,24H,12,14H2,(H,25,28)/t20-/m1/s1. The molecule has 2 heterocycles. The molecule has 7 nitrogen and oxygen atoms in total. The third-order valence-corrected chi connectivity index (χ3v) is 4.66. The fourth-order valence-electron chi connectivity index (χ4n) is 3.20. The normalized spacial score (nSPS) is 11.9. The summed E-state index contributed by atoms with van der Waals surface area (Å²) in [4.78, 5) is 32.4. The Morgan fingerprint density at radius 3 is 2.69 bits per heavy atom. The van der Waals surface area contributed by atoms with Crippen LogP contribution in [0.25, 0.3) is 10.9 Å². The van der Waals surface area contributed by atoms with Crippen molar-refractivity contribution in [3.8, 4) is 0 Å². The van der Waals surface area contributed by atoms with Gasteiger partial charge in [0.05, 0.1) is 0 Å². The first-order chi connectivity index (χ1) is 14.2. The van der Waals surface area contributed by atoms with Gasteiger partial charge >= 0.3 is 6.09 Å². The Kier molecular flexibility index (Phi) is 5.38. The average Bonchev–Trinajstić information content (AvgIpc) is 3.43. The Bertz CT molecular complexity index is 1100. The van der Waals surface area contributed by atoms with Crippen molar-refractivity contribution < 1.29 is 14.3 Å². The molecule has 1 atom stereocenters. The van der Waals surface area contributed by atoms with E-state index in [9.17, 15) is 9.59 Å². The molecule has 0 bridgehead atoms. The van der Waals surface area contributed by atoms with Crippen molar-refractivity contribution in [1.29, 1.82) is 0 Å². The van der Waals surface area contributed by atoms with Crippen molar-refractivity contribution in [2.24, 2.45) is 0 Å². The Morgan fingerprint density at radius 2 is 1.90 bits per heavy atom. The molecule has 4 aromatic rings. The first-order valence-electron chi connectivity index (χ1n) is 9.25. The van der Waals surface area contributed by atoms with Crippen molar-refractivity contribution >= 4 is 22.9 Å². The predicted molar refractivity (Wildman–Crippen MR) is 108 cm³/mol. The summed E-state index contributed by atoms with van der Waals surface area (Å²) in [5.41, 5.74) is 2.78. The van der Waals surface area contributed by atoms with Crippen LogP contribution in [-0.4, -0.2) is 32.6 Å². The van der Waals surface area contributed by atoms with Crippen LogP contribution >= 0.6 is 0 Å². The van der Waals surface area contributed by atoms with E-state index in [1.54, 1.807) is 6.20 Å². The average molecular weight is 388 g/mol. The van der Waals surface area contributed by atoms with E-state index in [2.05, 4.69) is 15.3 Å². The second-order valence-corrected chi connectivity index (χ2v) is 6.63. The molecule has 0 saturated carbocycles. The Hall–Kier alpha value is -3.87. The molecular formula is C22H20N4O3. The van der Waals surface area contributed by atoms with Gasteiger partial charge in [-0.15, -0.1) is 0 Å². The van der Waals surface area contributed by atoms with Crippen molar-refractivity contribution in [2.75, 3.05) is 0 Å². The molecule has 0 unspecified atom stereocenters. The summed E-state index contributed by atoms with van der Waals surface area (Å²) in [6, 6.07) is 16.4. The number of ether oxygens (including phenoxy) is 1. The molecule has 0 saturated heterocycles. The number of para-hydroxylation sites is 1. The lowest BCUT2D eigenvalue weighted by Crippen LogP contribution is -2.44. The van der Waals surface area contributed by atoms with Crippen LogP contribution < -0.4 is 5.32 Å². The number of nitrogens with one attached hydrogen (secondary N) is 2. The molecule has 1 amide bonds. The molecule has 2 N–H and O–H groups in total. The predicted octanol–water partition coefficient (Wildman–Crippen LogP) is 3.54. The topological polar surface area (TPSA) is 89.0 Å². The number of fused-ring (bicyclic) bond motifs is 1. The number of nitrogens with zero attached hydrogens (tertiary/aromatic N) is 2. The third-order valence-electron chi connectivity index (χ3n) is 4.66. The number of carbonyl (C=O) groups is 2. The quantitative estimate of drug-likeness (QED) is 0.529. The first kappa shape index (κ1) is 18.5. The maximum absolute atomic E-state index is 12.9. The number of amides is 1. The van der Waals surface area contributed by atoms with Gasteiger partial charge in [0.2, 0.25) is 0 Å². The monoisotopic (exact) mass is 388 g/mol. The van der Waals surface area contributed by atoms with E-state index in [0.717, 1.165) is 22.0 Å². The number of alkyl carbamates (subject to hydrolysis) is 1. The molecule has 0 fully saturated rings. The molecule has 7 heteroatoms. The number of H-pyrrole nitrogens is 1. The Balaban J connectivity index is 1.50. The molecule has 0 aliphatic carbocycles. The summed E-state index contributed by atoms with van der Waals surface area (Å²) in [5, 5.41) is 3.71. The summed E-state index contributed by atoms with van der Waals surface area (Å²) in [5.74, 6) is -0.288. The van der Waals surface area contributed by atoms with E-state index in [1.165, 1.54) is 17.1 Å². The lowest BCUT2D eigenvalue weighted by Gasteiger charge is -2.17. The summed E-state index contributed by atoms with van der Waals surface area (Å²) >= 11 is 0.